The molecule has 0 amide bonds. The predicted molar refractivity (Wildman–Crippen MR) is 85.9 cm³/mol. The number of ether oxygens (including phenoxy) is 2. The Labute approximate surface area is 132 Å². The molecular weight excluding hydrogens is 280 g/mol. The summed E-state index contributed by atoms with van der Waals surface area (Å²) in [6.07, 6.45) is 2.91. The molecule has 0 bridgehead atoms. The fraction of sp³-hybridized carbons (Fsp3) is 0.556. The van der Waals surface area contributed by atoms with Gasteiger partial charge in [-0.05, 0) is 37.8 Å². The van der Waals surface area contributed by atoms with Gasteiger partial charge in [-0.3, -0.25) is 9.59 Å². The zero-order valence-electron chi connectivity index (χ0n) is 13.9. The SMILES string of the molecule is CCC(CC)C(=O)Oc1ccccc1OC(=O)C(CC)CC. The lowest BCUT2D eigenvalue weighted by atomic mass is 10.0. The minimum atomic E-state index is -0.281. The van der Waals surface area contributed by atoms with Crippen molar-refractivity contribution in [2.24, 2.45) is 11.8 Å². The number of rotatable bonds is 8. The molecule has 0 atom stereocenters. The number of esters is 2. The van der Waals surface area contributed by atoms with Gasteiger partial charge in [0.05, 0.1) is 11.8 Å². The molecule has 1 aromatic carbocycles. The number of benzene rings is 1. The minimum Gasteiger partial charge on any atom is -0.422 e. The highest BCUT2D eigenvalue weighted by Gasteiger charge is 2.21. The van der Waals surface area contributed by atoms with Crippen LogP contribution >= 0.6 is 0 Å². The topological polar surface area (TPSA) is 52.6 Å². The van der Waals surface area contributed by atoms with Crippen molar-refractivity contribution >= 4 is 11.9 Å². The van der Waals surface area contributed by atoms with Crippen molar-refractivity contribution in [2.75, 3.05) is 0 Å². The van der Waals surface area contributed by atoms with Crippen LogP contribution in [0.25, 0.3) is 0 Å². The largest absolute Gasteiger partial charge is 0.422 e. The summed E-state index contributed by atoms with van der Waals surface area (Å²) in [4.78, 5) is 24.2. The maximum absolute atomic E-state index is 12.1. The standard InChI is InChI=1S/C18H26O4/c1-5-13(6-2)17(19)21-15-11-9-10-12-16(15)22-18(20)14(7-3)8-4/h9-14H,5-8H2,1-4H3. The van der Waals surface area contributed by atoms with Gasteiger partial charge in [0.1, 0.15) is 0 Å². The first-order chi connectivity index (χ1) is 10.6. The van der Waals surface area contributed by atoms with Crippen molar-refractivity contribution in [1.82, 2.24) is 0 Å². The fourth-order valence-electron chi connectivity index (χ4n) is 2.25. The van der Waals surface area contributed by atoms with Crippen molar-refractivity contribution in [3.63, 3.8) is 0 Å². The van der Waals surface area contributed by atoms with Crippen LogP contribution in [0.1, 0.15) is 53.4 Å². The molecule has 0 N–H and O–H groups in total. The molecule has 0 aromatic heterocycles. The molecule has 0 saturated heterocycles. The van der Waals surface area contributed by atoms with Crippen molar-refractivity contribution in [3.8, 4) is 11.5 Å². The van der Waals surface area contributed by atoms with Crippen molar-refractivity contribution in [1.29, 1.82) is 0 Å². The lowest BCUT2D eigenvalue weighted by Gasteiger charge is -2.16. The lowest BCUT2D eigenvalue weighted by Crippen LogP contribution is -2.22. The lowest BCUT2D eigenvalue weighted by molar-refractivity contribution is -0.142. The van der Waals surface area contributed by atoms with Crippen LogP contribution in [0.2, 0.25) is 0 Å². The Kier molecular flexibility index (Phi) is 7.64. The molecule has 0 aliphatic heterocycles. The molecule has 0 radical (unpaired) electrons. The first-order valence-corrected chi connectivity index (χ1v) is 8.09. The molecule has 1 rings (SSSR count). The summed E-state index contributed by atoms with van der Waals surface area (Å²) in [6.45, 7) is 7.81. The fourth-order valence-corrected chi connectivity index (χ4v) is 2.25. The van der Waals surface area contributed by atoms with Gasteiger partial charge in [-0.2, -0.15) is 0 Å². The molecule has 0 heterocycles. The van der Waals surface area contributed by atoms with E-state index in [1.54, 1.807) is 24.3 Å². The monoisotopic (exact) mass is 306 g/mol. The van der Waals surface area contributed by atoms with Crippen molar-refractivity contribution < 1.29 is 19.1 Å². The van der Waals surface area contributed by atoms with Gasteiger partial charge < -0.3 is 9.47 Å². The molecular formula is C18H26O4. The number of carbonyl (C=O) groups is 2. The quantitative estimate of drug-likeness (QED) is 0.528. The number of carbonyl (C=O) groups excluding carboxylic acids is 2. The van der Waals surface area contributed by atoms with Gasteiger partial charge in [0.15, 0.2) is 11.5 Å². The van der Waals surface area contributed by atoms with Crippen LogP contribution in [0.15, 0.2) is 24.3 Å². The highest BCUT2D eigenvalue weighted by molar-refractivity contribution is 5.78. The first kappa shape index (κ1) is 18.2. The summed E-state index contributed by atoms with van der Waals surface area (Å²) >= 11 is 0. The van der Waals surface area contributed by atoms with E-state index in [-0.39, 0.29) is 23.8 Å². The van der Waals surface area contributed by atoms with Gasteiger partial charge in [-0.25, -0.2) is 0 Å². The molecule has 22 heavy (non-hydrogen) atoms. The normalized spacial score (nSPS) is 10.8. The van der Waals surface area contributed by atoms with E-state index in [0.29, 0.717) is 11.5 Å². The molecule has 4 nitrogen and oxygen atoms in total. The van der Waals surface area contributed by atoms with Crippen LogP contribution in [0.5, 0.6) is 11.5 Å². The van der Waals surface area contributed by atoms with Crippen LogP contribution in [0.4, 0.5) is 0 Å². The third-order valence-electron chi connectivity index (χ3n) is 3.91. The Morgan fingerprint density at radius 2 is 1.09 bits per heavy atom. The second-order valence-electron chi connectivity index (χ2n) is 5.32. The summed E-state index contributed by atoms with van der Waals surface area (Å²) in [6, 6.07) is 6.81. The van der Waals surface area contributed by atoms with E-state index in [9.17, 15) is 9.59 Å². The molecule has 1 aromatic rings. The molecule has 0 saturated carbocycles. The summed E-state index contributed by atoms with van der Waals surface area (Å²) in [5.74, 6) is -0.227. The van der Waals surface area contributed by atoms with Gasteiger partial charge in [0.25, 0.3) is 0 Å². The van der Waals surface area contributed by atoms with Gasteiger partial charge in [-0.1, -0.05) is 39.8 Å². The van der Waals surface area contributed by atoms with E-state index < -0.39 is 0 Å². The van der Waals surface area contributed by atoms with Gasteiger partial charge in [0, 0.05) is 0 Å². The Morgan fingerprint density at radius 3 is 1.36 bits per heavy atom. The molecule has 122 valence electrons. The number of hydrogen-bond donors (Lipinski definition) is 0. The third kappa shape index (κ3) is 4.86. The molecule has 4 heteroatoms. The summed E-state index contributed by atoms with van der Waals surface area (Å²) in [7, 11) is 0. The van der Waals surface area contributed by atoms with Gasteiger partial charge in [-0.15, -0.1) is 0 Å². The van der Waals surface area contributed by atoms with E-state index in [1.807, 2.05) is 27.7 Å². The molecule has 0 unspecified atom stereocenters. The maximum Gasteiger partial charge on any atom is 0.314 e. The Hall–Kier alpha value is -1.84. The summed E-state index contributed by atoms with van der Waals surface area (Å²) < 4.78 is 10.8. The number of para-hydroxylation sites is 2. The van der Waals surface area contributed by atoms with Crippen LogP contribution in [0.3, 0.4) is 0 Å². The van der Waals surface area contributed by atoms with E-state index in [2.05, 4.69) is 0 Å². The summed E-state index contributed by atoms with van der Waals surface area (Å²) in [5, 5.41) is 0. The average Bonchev–Trinajstić information content (AvgIpc) is 2.51. The predicted octanol–water partition coefficient (Wildman–Crippen LogP) is 4.37. The zero-order valence-corrected chi connectivity index (χ0v) is 13.9. The Bertz CT molecular complexity index is 443. The number of hydrogen-bond acceptors (Lipinski definition) is 4. The Morgan fingerprint density at radius 1 is 0.773 bits per heavy atom. The first-order valence-electron chi connectivity index (χ1n) is 8.09. The van der Waals surface area contributed by atoms with E-state index in [1.165, 1.54) is 0 Å². The van der Waals surface area contributed by atoms with E-state index in [4.69, 9.17) is 9.47 Å². The van der Waals surface area contributed by atoms with Crippen LogP contribution in [-0.2, 0) is 9.59 Å². The Balaban J connectivity index is 2.86. The second kappa shape index (κ2) is 9.23. The summed E-state index contributed by atoms with van der Waals surface area (Å²) in [5.41, 5.74) is 0. The van der Waals surface area contributed by atoms with Crippen LogP contribution < -0.4 is 9.47 Å². The molecule has 0 spiro atoms. The smallest absolute Gasteiger partial charge is 0.314 e. The van der Waals surface area contributed by atoms with Gasteiger partial charge in [0.2, 0.25) is 0 Å². The second-order valence-corrected chi connectivity index (χ2v) is 5.32. The third-order valence-corrected chi connectivity index (χ3v) is 3.91. The maximum atomic E-state index is 12.1. The average molecular weight is 306 g/mol. The van der Waals surface area contributed by atoms with Gasteiger partial charge >= 0.3 is 11.9 Å². The molecule has 0 aliphatic carbocycles. The van der Waals surface area contributed by atoms with Crippen LogP contribution in [0, 0.1) is 11.8 Å². The van der Waals surface area contributed by atoms with Crippen molar-refractivity contribution in [2.45, 2.75) is 53.4 Å². The van der Waals surface area contributed by atoms with Crippen molar-refractivity contribution in [3.05, 3.63) is 24.3 Å². The van der Waals surface area contributed by atoms with E-state index >= 15 is 0 Å². The minimum absolute atomic E-state index is 0.136. The highest BCUT2D eigenvalue weighted by Crippen LogP contribution is 2.29. The van der Waals surface area contributed by atoms with Crippen LogP contribution in [-0.4, -0.2) is 11.9 Å². The highest BCUT2D eigenvalue weighted by atomic mass is 16.6. The molecule has 0 fully saturated rings. The van der Waals surface area contributed by atoms with E-state index in [0.717, 1.165) is 25.7 Å². The molecule has 0 aliphatic rings. The zero-order chi connectivity index (χ0) is 16.5.